The van der Waals surface area contributed by atoms with Crippen molar-refractivity contribution >= 4 is 50.8 Å². The smallest absolute Gasteiger partial charge is 0.419 e. The molecule has 0 bridgehead atoms. The van der Waals surface area contributed by atoms with E-state index in [-0.39, 0.29) is 106 Å². The number of hydrogen-bond acceptors (Lipinski definition) is 11. The van der Waals surface area contributed by atoms with Crippen LogP contribution in [0, 0.1) is 65.0 Å². The van der Waals surface area contributed by atoms with E-state index in [9.17, 15) is 90.9 Å². The molecule has 1 amide bonds. The molecule has 0 spiro atoms. The number of esters is 2. The summed E-state index contributed by atoms with van der Waals surface area (Å²) in [6.45, 7) is 21.7. The first kappa shape index (κ1) is 95.3. The molecule has 4 N–H and O–H groups in total. The molecule has 0 fully saturated rings. The Kier molecular flexibility index (Phi) is 36.2. The Morgan fingerprint density at radius 1 is 0.514 bits per heavy atom. The zero-order chi connectivity index (χ0) is 79.9. The van der Waals surface area contributed by atoms with E-state index in [4.69, 9.17) is 15.2 Å². The summed E-state index contributed by atoms with van der Waals surface area (Å²) in [6, 6.07) is 6.40. The molecule has 107 heavy (non-hydrogen) atoms. The van der Waals surface area contributed by atoms with Crippen LogP contribution in [0.2, 0.25) is 0 Å². The van der Waals surface area contributed by atoms with Crippen LogP contribution < -0.4 is 22.2 Å². The predicted octanol–water partition coefficient (Wildman–Crippen LogP) is 17.2. The summed E-state index contributed by atoms with van der Waals surface area (Å²) < 4.78 is 208. The molecule has 0 radical (unpaired) electrons. The fraction of sp³-hybridized carbons (Fsp3) is 0.500. The zero-order valence-electron chi connectivity index (χ0n) is 62.7. The Bertz CT molecular complexity index is 4110. The molecule has 6 rings (SSSR count). The van der Waals surface area contributed by atoms with Gasteiger partial charge in [0.2, 0.25) is 5.91 Å². The third kappa shape index (κ3) is 27.4. The number of aromatic nitrogens is 2. The molecule has 0 aliphatic rings. The van der Waals surface area contributed by atoms with E-state index < -0.39 is 136 Å². The third-order valence-corrected chi connectivity index (χ3v) is 16.9. The molecule has 2 aromatic heterocycles. The number of nitrogens with two attached hydrogens (primary N) is 1. The van der Waals surface area contributed by atoms with Crippen LogP contribution in [0.5, 0.6) is 0 Å². The first-order valence-electron chi connectivity index (χ1n) is 33.9. The van der Waals surface area contributed by atoms with E-state index >= 15 is 4.39 Å². The van der Waals surface area contributed by atoms with Crippen LogP contribution in [0.1, 0.15) is 182 Å². The van der Waals surface area contributed by atoms with Gasteiger partial charge in [0.15, 0.2) is 0 Å². The first-order chi connectivity index (χ1) is 48.4. The molecular weight excluding hydrogens is 1470 g/mol. The molecule has 15 nitrogen and oxygen atoms in total. The number of ether oxygens (including phenoxy) is 2. The average Bonchev–Trinajstić information content (AvgIpc) is 0.774. The highest BCUT2D eigenvalue weighted by Gasteiger charge is 2.41. The maximum atomic E-state index is 16.1. The minimum Gasteiger partial charge on any atom is -0.480 e. The molecule has 0 saturated heterocycles. The second-order valence-electron chi connectivity index (χ2n) is 27.4. The molecule has 4 atom stereocenters. The quantitative estimate of drug-likeness (QED) is 0.0327. The fourth-order valence-corrected chi connectivity index (χ4v) is 12.5. The molecule has 0 aliphatic carbocycles. The lowest BCUT2D eigenvalue weighted by molar-refractivity contribution is -0.145. The lowest BCUT2D eigenvalue weighted by atomic mass is 9.89. The first-order valence-corrected chi connectivity index (χ1v) is 33.9. The molecule has 4 aromatic carbocycles. The number of halogens is 14. The SMILES string of the molecule is CC(C)CC(C(=O)O)n1cc(CCCN(C)C)c(C(F)(F)F)cc1=O.CCOC(=O)C[C@H](N)c1cc(-c2c(C)cc(C)cc2C)cc(C(F)(F)F)c1F.CCOC(=O)C[C@H](NC(=O)C(CC(C)C)n1cc(CCCN(C)C)c(C(F)(F)F)cc1=O)c1cc(-c2c(C)cc(C)cc2C)cc(C(F)(F)F)c1F.S.S. The highest BCUT2D eigenvalue weighted by molar-refractivity contribution is 7.59. The minimum absolute atomic E-state index is 0. The predicted molar refractivity (Wildman–Crippen MR) is 393 cm³/mol. The summed E-state index contributed by atoms with van der Waals surface area (Å²) in [6.07, 6.45) is -17.8. The van der Waals surface area contributed by atoms with Crippen LogP contribution in [-0.2, 0) is 66.2 Å². The van der Waals surface area contributed by atoms with Crippen LogP contribution in [0.25, 0.3) is 22.3 Å². The molecule has 2 unspecified atom stereocenters. The lowest BCUT2D eigenvalue weighted by Gasteiger charge is -2.27. The van der Waals surface area contributed by atoms with E-state index in [1.54, 1.807) is 93.4 Å². The van der Waals surface area contributed by atoms with Crippen LogP contribution in [-0.4, -0.2) is 102 Å². The Morgan fingerprint density at radius 3 is 1.19 bits per heavy atom. The summed E-state index contributed by atoms with van der Waals surface area (Å²) in [7, 11) is 7.13. The van der Waals surface area contributed by atoms with Crippen molar-refractivity contribution in [2.24, 2.45) is 17.6 Å². The van der Waals surface area contributed by atoms with Gasteiger partial charge in [0.1, 0.15) is 23.7 Å². The van der Waals surface area contributed by atoms with Crippen molar-refractivity contribution in [3.8, 4) is 22.3 Å². The van der Waals surface area contributed by atoms with Gasteiger partial charge in [0.25, 0.3) is 11.1 Å². The van der Waals surface area contributed by atoms with Crippen molar-refractivity contribution < 1.29 is 95.2 Å². The normalized spacial score (nSPS) is 13.0. The molecule has 0 saturated carbocycles. The van der Waals surface area contributed by atoms with Crippen LogP contribution in [0.4, 0.5) is 61.5 Å². The van der Waals surface area contributed by atoms with E-state index in [0.29, 0.717) is 66.4 Å². The number of alkyl halides is 12. The van der Waals surface area contributed by atoms with Gasteiger partial charge in [0, 0.05) is 41.7 Å². The van der Waals surface area contributed by atoms with E-state index in [1.165, 1.54) is 13.0 Å². The van der Waals surface area contributed by atoms with Crippen molar-refractivity contribution in [3.05, 3.63) is 183 Å². The van der Waals surface area contributed by atoms with Crippen molar-refractivity contribution in [2.75, 3.05) is 54.5 Å². The van der Waals surface area contributed by atoms with Gasteiger partial charge in [-0.05, 0) is 227 Å². The number of carboxylic acids is 1. The summed E-state index contributed by atoms with van der Waals surface area (Å²) in [4.78, 5) is 79.2. The van der Waals surface area contributed by atoms with Crippen molar-refractivity contribution in [1.82, 2.24) is 24.3 Å². The van der Waals surface area contributed by atoms with Crippen molar-refractivity contribution in [1.29, 1.82) is 0 Å². The number of aryl methyl sites for hydroxylation is 8. The Morgan fingerprint density at radius 2 is 0.850 bits per heavy atom. The van der Waals surface area contributed by atoms with Crippen molar-refractivity contribution in [2.45, 2.75) is 183 Å². The molecule has 31 heteroatoms. The van der Waals surface area contributed by atoms with Gasteiger partial charge >= 0.3 is 42.6 Å². The maximum Gasteiger partial charge on any atom is 0.419 e. The van der Waals surface area contributed by atoms with Crippen LogP contribution >= 0.6 is 27.0 Å². The van der Waals surface area contributed by atoms with Gasteiger partial charge in [-0.15, -0.1) is 0 Å². The Hall–Kier alpha value is -7.74. The van der Waals surface area contributed by atoms with Crippen molar-refractivity contribution in [3.63, 3.8) is 0 Å². The number of nitrogens with zero attached hydrogens (tertiary/aromatic N) is 4. The Labute approximate surface area is 628 Å². The van der Waals surface area contributed by atoms with Gasteiger partial charge in [-0.1, -0.05) is 63.1 Å². The summed E-state index contributed by atoms with van der Waals surface area (Å²) in [5.41, 5.74) is 3.08. The topological polar surface area (TPSA) is 196 Å². The van der Waals surface area contributed by atoms with Gasteiger partial charge in [-0.25, -0.2) is 13.6 Å². The molecule has 6 aromatic rings. The number of carboxylic acid groups (broad SMARTS) is 1. The van der Waals surface area contributed by atoms with E-state index in [0.717, 1.165) is 55.9 Å². The Balaban J connectivity index is 0.000000595. The fourth-order valence-electron chi connectivity index (χ4n) is 12.5. The number of pyridine rings is 2. The average molecular weight is 1570 g/mol. The van der Waals surface area contributed by atoms with Gasteiger partial charge in [0.05, 0.1) is 54.4 Å². The number of hydrogen-bond donors (Lipinski definition) is 3. The molecular formula is C76H98F14N6O9S2. The molecule has 0 aliphatic heterocycles. The third-order valence-electron chi connectivity index (χ3n) is 16.9. The second kappa shape index (κ2) is 40.6. The minimum atomic E-state index is -5.17. The monoisotopic (exact) mass is 1570 g/mol. The largest absolute Gasteiger partial charge is 0.480 e. The molecule has 596 valence electrons. The number of amides is 1. The summed E-state index contributed by atoms with van der Waals surface area (Å²) in [5, 5.41) is 11.9. The number of benzene rings is 4. The molecule has 2 heterocycles. The maximum absolute atomic E-state index is 16.1. The highest BCUT2D eigenvalue weighted by Crippen LogP contribution is 2.43. The number of aliphatic carboxylic acids is 1. The summed E-state index contributed by atoms with van der Waals surface area (Å²) >= 11 is 0. The standard InChI is InChI=1S/C38H46F7N3O4.C21H23F4NO2.C17H25F3N2O3.2H2S/c1-9-52-33(50)19-30(27-16-26(17-29(35(27)39)38(43,44)45)34-23(5)14-22(4)15-24(34)6)46-36(51)31(13-21(2)3)48-20-25(11-10-12-47(7)8)28(18-32(48)49)37(40,41)42;1-5-28-18(27)10-17(26)15-8-14(9-16(20(15)22)21(23,24)25)19-12(3)6-11(2)7-13(19)4;1-11(2)8-14(16(24)25)22-10-12(6-5-7-21(3)4)13(9-15(22)23)17(18,19)20;;/h14-18,20-21,30-31H,9-13,19H2,1-8H3,(H,46,51);6-9,17H,5,10,26H2,1-4H3;9-11,14H,5-8H2,1-4H3,(H,24,25);2*1H2/t30-,31?;17-;;;/m00.../s1. The number of carbonyl (C=O) groups is 4. The lowest BCUT2D eigenvalue weighted by Crippen LogP contribution is -2.41. The summed E-state index contributed by atoms with van der Waals surface area (Å²) in [5.74, 6) is -7.40. The van der Waals surface area contributed by atoms with Gasteiger partial charge in [-0.2, -0.15) is 79.7 Å². The number of nitrogens with one attached hydrogen (secondary N) is 1. The number of carbonyl (C=O) groups excluding carboxylic acids is 3. The van der Waals surface area contributed by atoms with Gasteiger partial charge < -0.3 is 44.6 Å². The second-order valence-corrected chi connectivity index (χ2v) is 27.4. The van der Waals surface area contributed by atoms with E-state index in [2.05, 4.69) is 5.32 Å². The zero-order valence-corrected chi connectivity index (χ0v) is 64.7. The van der Waals surface area contributed by atoms with Gasteiger partial charge in [-0.3, -0.25) is 24.0 Å². The number of rotatable bonds is 27. The van der Waals surface area contributed by atoms with Crippen LogP contribution in [0.15, 0.2) is 82.6 Å². The highest BCUT2D eigenvalue weighted by atomic mass is 32.1. The van der Waals surface area contributed by atoms with Crippen LogP contribution in [0.3, 0.4) is 0 Å². The van der Waals surface area contributed by atoms with E-state index in [1.807, 2.05) is 45.0 Å².